The maximum Gasteiger partial charge on any atom is 0.225 e. The molecule has 0 aliphatic heterocycles. The number of hydrogen-bond donors (Lipinski definition) is 2. The molecule has 1 aliphatic carbocycles. The molecule has 0 amide bonds. The van der Waals surface area contributed by atoms with E-state index in [-0.39, 0.29) is 41.5 Å². The number of rotatable bonds is 6. The molecule has 0 atom stereocenters. The Labute approximate surface area is 165 Å². The van der Waals surface area contributed by atoms with E-state index < -0.39 is 11.6 Å². The lowest BCUT2D eigenvalue weighted by atomic mass is 10.1. The molecule has 2 aromatic heterocycles. The van der Waals surface area contributed by atoms with Crippen LogP contribution in [0.3, 0.4) is 0 Å². The van der Waals surface area contributed by atoms with Crippen LogP contribution in [0.4, 0.5) is 20.7 Å². The first kappa shape index (κ1) is 19.0. The van der Waals surface area contributed by atoms with E-state index in [1.54, 1.807) is 11.6 Å². The Morgan fingerprint density at radius 3 is 2.28 bits per heavy atom. The van der Waals surface area contributed by atoms with E-state index in [4.69, 9.17) is 16.2 Å². The Bertz CT molecular complexity index is 1040. The summed E-state index contributed by atoms with van der Waals surface area (Å²) in [5.41, 5.74) is 13.5. The van der Waals surface area contributed by atoms with E-state index in [1.165, 1.54) is 12.1 Å². The van der Waals surface area contributed by atoms with Crippen molar-refractivity contribution in [2.45, 2.75) is 39.2 Å². The lowest BCUT2D eigenvalue weighted by molar-refractivity contribution is 0.335. The van der Waals surface area contributed by atoms with Gasteiger partial charge in [0.2, 0.25) is 11.9 Å². The molecule has 8 nitrogen and oxygen atoms in total. The lowest BCUT2D eigenvalue weighted by Gasteiger charge is -2.11. The average Bonchev–Trinajstić information content (AvgIpc) is 3.41. The van der Waals surface area contributed by atoms with Crippen LogP contribution in [0.5, 0.6) is 5.75 Å². The Morgan fingerprint density at radius 2 is 1.72 bits per heavy atom. The lowest BCUT2D eigenvalue weighted by Crippen LogP contribution is -2.10. The molecule has 0 spiro atoms. The van der Waals surface area contributed by atoms with Gasteiger partial charge < -0.3 is 16.2 Å². The molecule has 2 heterocycles. The van der Waals surface area contributed by atoms with Crippen molar-refractivity contribution < 1.29 is 13.5 Å². The Balaban J connectivity index is 1.77. The van der Waals surface area contributed by atoms with Gasteiger partial charge in [-0.1, -0.05) is 0 Å². The number of aromatic nitrogens is 5. The van der Waals surface area contributed by atoms with Crippen LogP contribution >= 0.6 is 0 Å². The van der Waals surface area contributed by atoms with Crippen molar-refractivity contribution in [1.82, 2.24) is 24.7 Å². The van der Waals surface area contributed by atoms with Gasteiger partial charge in [-0.05, 0) is 26.7 Å². The van der Waals surface area contributed by atoms with Crippen LogP contribution in [0.1, 0.15) is 42.5 Å². The third-order valence-electron chi connectivity index (χ3n) is 4.82. The van der Waals surface area contributed by atoms with Crippen molar-refractivity contribution in [2.75, 3.05) is 18.1 Å². The first-order chi connectivity index (χ1) is 13.9. The van der Waals surface area contributed by atoms with E-state index in [0.717, 1.165) is 24.1 Å². The molecule has 0 saturated heterocycles. The summed E-state index contributed by atoms with van der Waals surface area (Å²) in [7, 11) is 0. The number of nitrogen functional groups attached to an aromatic ring is 2. The Kier molecular flexibility index (Phi) is 4.77. The van der Waals surface area contributed by atoms with Crippen LogP contribution in [0, 0.1) is 18.6 Å². The molecule has 1 fully saturated rings. The predicted octanol–water partition coefficient (Wildman–Crippen LogP) is 2.81. The van der Waals surface area contributed by atoms with Gasteiger partial charge in [-0.15, -0.1) is 0 Å². The molecule has 10 heteroatoms. The fraction of sp³-hybridized carbons (Fsp3) is 0.368. The largest absolute Gasteiger partial charge is 0.494 e. The van der Waals surface area contributed by atoms with Crippen LogP contribution in [0.2, 0.25) is 0 Å². The number of nitrogens with zero attached hydrogens (tertiary/aromatic N) is 5. The molecule has 152 valence electrons. The monoisotopic (exact) mass is 401 g/mol. The highest BCUT2D eigenvalue weighted by atomic mass is 19.1. The van der Waals surface area contributed by atoms with Gasteiger partial charge in [-0.3, -0.25) is 4.68 Å². The molecule has 0 unspecified atom stereocenters. The minimum absolute atomic E-state index is 0.0157. The van der Waals surface area contributed by atoms with Gasteiger partial charge in [-0.2, -0.15) is 20.1 Å². The van der Waals surface area contributed by atoms with E-state index in [1.807, 2.05) is 6.92 Å². The third-order valence-corrected chi connectivity index (χ3v) is 4.82. The number of ether oxygens (including phenoxy) is 1. The first-order valence-electron chi connectivity index (χ1n) is 9.32. The zero-order valence-electron chi connectivity index (χ0n) is 16.1. The molecule has 0 bridgehead atoms. The molecular formula is C19H21F2N7O. The van der Waals surface area contributed by atoms with Gasteiger partial charge in [0.25, 0.3) is 0 Å². The molecule has 1 aliphatic rings. The molecule has 4 N–H and O–H groups in total. The highest BCUT2D eigenvalue weighted by Gasteiger charge is 2.32. The zero-order valence-corrected chi connectivity index (χ0v) is 16.1. The van der Waals surface area contributed by atoms with Crippen molar-refractivity contribution in [1.29, 1.82) is 0 Å². The van der Waals surface area contributed by atoms with Crippen LogP contribution in [0.15, 0.2) is 12.1 Å². The van der Waals surface area contributed by atoms with Crippen LogP contribution in [0.25, 0.3) is 11.5 Å². The second-order valence-electron chi connectivity index (χ2n) is 6.96. The van der Waals surface area contributed by atoms with Gasteiger partial charge >= 0.3 is 0 Å². The summed E-state index contributed by atoms with van der Waals surface area (Å²) >= 11 is 0. The summed E-state index contributed by atoms with van der Waals surface area (Å²) in [6, 6.07) is 2.37. The highest BCUT2D eigenvalue weighted by molar-refractivity contribution is 5.59. The minimum Gasteiger partial charge on any atom is -0.494 e. The molecule has 29 heavy (non-hydrogen) atoms. The maximum absolute atomic E-state index is 14.6. The van der Waals surface area contributed by atoms with Crippen molar-refractivity contribution in [3.8, 4) is 17.3 Å². The fourth-order valence-electron chi connectivity index (χ4n) is 3.42. The van der Waals surface area contributed by atoms with Gasteiger partial charge in [0.05, 0.1) is 13.2 Å². The summed E-state index contributed by atoms with van der Waals surface area (Å²) < 4.78 is 36.0. The van der Waals surface area contributed by atoms with Crippen molar-refractivity contribution in [3.05, 3.63) is 40.6 Å². The Morgan fingerprint density at radius 1 is 1.10 bits per heavy atom. The SMILES string of the molecule is CCOc1cc(F)c(Cn2nc(-c3nc(N)nc(N)n3)c(C)c2C2CC2)c(F)c1. The fourth-order valence-corrected chi connectivity index (χ4v) is 3.42. The molecule has 1 saturated carbocycles. The smallest absolute Gasteiger partial charge is 0.225 e. The van der Waals surface area contributed by atoms with Gasteiger partial charge in [-0.25, -0.2) is 8.78 Å². The summed E-state index contributed by atoms with van der Waals surface area (Å²) in [5.74, 6) is -0.724. The molecule has 3 aromatic rings. The average molecular weight is 401 g/mol. The second-order valence-corrected chi connectivity index (χ2v) is 6.96. The quantitative estimate of drug-likeness (QED) is 0.652. The highest BCUT2D eigenvalue weighted by Crippen LogP contribution is 2.43. The standard InChI is InChI=1S/C19H21F2N7O/c1-3-29-11-6-13(20)12(14(21)7-11)8-28-16(10-4-5-10)9(2)15(27-28)17-24-18(22)26-19(23)25-17/h6-7,10H,3-5,8H2,1-2H3,(H4,22,23,24,25,26). The zero-order chi connectivity index (χ0) is 20.7. The second kappa shape index (κ2) is 7.26. The predicted molar refractivity (Wildman–Crippen MR) is 103 cm³/mol. The van der Waals surface area contributed by atoms with E-state index in [9.17, 15) is 8.78 Å². The van der Waals surface area contributed by atoms with Crippen molar-refractivity contribution in [3.63, 3.8) is 0 Å². The first-order valence-corrected chi connectivity index (χ1v) is 9.32. The van der Waals surface area contributed by atoms with Gasteiger partial charge in [0.15, 0.2) is 5.82 Å². The summed E-state index contributed by atoms with van der Waals surface area (Å²) in [4.78, 5) is 12.0. The Hall–Kier alpha value is -3.30. The van der Waals surface area contributed by atoms with E-state index >= 15 is 0 Å². The van der Waals surface area contributed by atoms with E-state index in [0.29, 0.717) is 12.3 Å². The molecule has 0 radical (unpaired) electrons. The van der Waals surface area contributed by atoms with Crippen molar-refractivity contribution in [2.24, 2.45) is 0 Å². The van der Waals surface area contributed by atoms with Crippen LogP contribution in [-0.4, -0.2) is 31.3 Å². The molecule has 1 aromatic carbocycles. The number of nitrogens with two attached hydrogens (primary N) is 2. The van der Waals surface area contributed by atoms with Crippen LogP contribution in [-0.2, 0) is 6.54 Å². The number of benzene rings is 1. The number of hydrogen-bond acceptors (Lipinski definition) is 7. The summed E-state index contributed by atoms with van der Waals surface area (Å²) in [6.45, 7) is 3.89. The number of halogens is 2. The topological polar surface area (TPSA) is 118 Å². The summed E-state index contributed by atoms with van der Waals surface area (Å²) in [6.07, 6.45) is 1.98. The van der Waals surface area contributed by atoms with Crippen LogP contribution < -0.4 is 16.2 Å². The summed E-state index contributed by atoms with van der Waals surface area (Å²) in [5, 5.41) is 4.55. The van der Waals surface area contributed by atoms with E-state index in [2.05, 4.69) is 20.1 Å². The minimum atomic E-state index is -0.682. The van der Waals surface area contributed by atoms with Crippen molar-refractivity contribution >= 4 is 11.9 Å². The maximum atomic E-state index is 14.6. The number of anilines is 2. The molecular weight excluding hydrogens is 380 g/mol. The molecule has 4 rings (SSSR count). The normalized spacial score (nSPS) is 13.7. The van der Waals surface area contributed by atoms with Gasteiger partial charge in [0.1, 0.15) is 23.1 Å². The van der Waals surface area contributed by atoms with Gasteiger partial charge in [0, 0.05) is 34.9 Å². The third kappa shape index (κ3) is 3.69.